The summed E-state index contributed by atoms with van der Waals surface area (Å²) in [7, 11) is 1.26. The molecule has 1 saturated heterocycles. The largest absolute Gasteiger partial charge is 0.463 e. The molecule has 0 radical (unpaired) electrons. The van der Waals surface area contributed by atoms with Gasteiger partial charge in [-0.05, 0) is 24.6 Å². The summed E-state index contributed by atoms with van der Waals surface area (Å²) in [5.41, 5.74) is -0.281. The Morgan fingerprint density at radius 3 is 2.81 bits per heavy atom. The number of benzene rings is 1. The molecular formula is C17H18F2N2O5. The number of likely N-dealkylation sites (N-methyl/N-ethyl adjacent to an activating group) is 1. The second kappa shape index (κ2) is 6.54. The molecule has 140 valence electrons. The van der Waals surface area contributed by atoms with Crippen LogP contribution in [-0.2, 0) is 25.0 Å². The zero-order chi connectivity index (χ0) is 19.1. The first-order valence-electron chi connectivity index (χ1n) is 8.22. The summed E-state index contributed by atoms with van der Waals surface area (Å²) in [5, 5.41) is 0. The minimum absolute atomic E-state index is 0.0758. The number of nitrogens with zero attached hydrogens (tertiary/aromatic N) is 2. The van der Waals surface area contributed by atoms with E-state index in [0.717, 1.165) is 22.3 Å². The lowest BCUT2D eigenvalue weighted by atomic mass is 10.1. The molecule has 7 nitrogen and oxygen atoms in total. The van der Waals surface area contributed by atoms with Crippen LogP contribution in [-0.4, -0.2) is 44.3 Å². The molecule has 2 amide bonds. The van der Waals surface area contributed by atoms with E-state index in [1.54, 1.807) is 0 Å². The molecule has 9 heteroatoms. The minimum atomic E-state index is -3.66. The molecule has 26 heavy (non-hydrogen) atoms. The maximum atomic E-state index is 14.1. The molecule has 1 aromatic carbocycles. The number of esters is 1. The zero-order valence-corrected chi connectivity index (χ0v) is 14.3. The van der Waals surface area contributed by atoms with Gasteiger partial charge in [-0.2, -0.15) is 8.78 Å². The maximum Gasteiger partial charge on any atom is 0.415 e. The molecule has 2 heterocycles. The first-order valence-corrected chi connectivity index (χ1v) is 8.22. The number of rotatable bonds is 5. The summed E-state index contributed by atoms with van der Waals surface area (Å²) in [4.78, 5) is 37.6. The lowest BCUT2D eigenvalue weighted by Gasteiger charge is -2.15. The molecule has 1 fully saturated rings. The van der Waals surface area contributed by atoms with Crippen molar-refractivity contribution in [2.45, 2.75) is 31.8 Å². The Bertz CT molecular complexity index is 768. The maximum absolute atomic E-state index is 14.1. The number of halogens is 2. The Morgan fingerprint density at radius 1 is 1.38 bits per heavy atom. The molecule has 1 aromatic rings. The Kier molecular flexibility index (Phi) is 4.55. The molecule has 0 aliphatic carbocycles. The number of ether oxygens (including phenoxy) is 2. The smallest absolute Gasteiger partial charge is 0.415 e. The van der Waals surface area contributed by atoms with Gasteiger partial charge in [0.1, 0.15) is 0 Å². The van der Waals surface area contributed by atoms with Crippen LogP contribution in [0.4, 0.5) is 25.0 Å². The number of anilines is 2. The van der Waals surface area contributed by atoms with Gasteiger partial charge in [-0.1, -0.05) is 13.3 Å². The van der Waals surface area contributed by atoms with E-state index in [4.69, 9.17) is 9.47 Å². The molecule has 2 aliphatic heterocycles. The second-order valence-corrected chi connectivity index (χ2v) is 6.14. The average Bonchev–Trinajstić information content (AvgIpc) is 3.08. The number of unbranched alkanes of at least 4 members (excludes halogenated alkanes) is 1. The molecule has 2 aliphatic rings. The number of alkyl halides is 2. The van der Waals surface area contributed by atoms with Gasteiger partial charge in [0.25, 0.3) is 0 Å². The van der Waals surface area contributed by atoms with E-state index >= 15 is 0 Å². The van der Waals surface area contributed by atoms with Crippen molar-refractivity contribution in [3.8, 4) is 0 Å². The van der Waals surface area contributed by atoms with E-state index in [0.29, 0.717) is 6.42 Å². The fourth-order valence-corrected chi connectivity index (χ4v) is 2.88. The van der Waals surface area contributed by atoms with Gasteiger partial charge < -0.3 is 14.4 Å². The Labute approximate surface area is 148 Å². The zero-order valence-electron chi connectivity index (χ0n) is 14.3. The van der Waals surface area contributed by atoms with Crippen molar-refractivity contribution >= 4 is 29.3 Å². The number of hydrogen-bond acceptors (Lipinski definition) is 5. The fraction of sp³-hybridized carbons (Fsp3) is 0.471. The fourth-order valence-electron chi connectivity index (χ4n) is 2.88. The summed E-state index contributed by atoms with van der Waals surface area (Å²) in [6, 6.07) is 3.84. The van der Waals surface area contributed by atoms with Crippen molar-refractivity contribution in [2.75, 3.05) is 30.0 Å². The van der Waals surface area contributed by atoms with Crippen LogP contribution in [0.1, 0.15) is 25.3 Å². The van der Waals surface area contributed by atoms with Crippen LogP contribution in [0.15, 0.2) is 18.2 Å². The molecule has 1 atom stereocenters. The van der Waals surface area contributed by atoms with Crippen LogP contribution in [0, 0.1) is 0 Å². The van der Waals surface area contributed by atoms with Gasteiger partial charge in [0, 0.05) is 12.7 Å². The lowest BCUT2D eigenvalue weighted by molar-refractivity contribution is -0.151. The van der Waals surface area contributed by atoms with Crippen molar-refractivity contribution in [3.63, 3.8) is 0 Å². The van der Waals surface area contributed by atoms with E-state index in [9.17, 15) is 23.2 Å². The van der Waals surface area contributed by atoms with Crippen LogP contribution in [0.5, 0.6) is 0 Å². The van der Waals surface area contributed by atoms with Crippen molar-refractivity contribution in [1.82, 2.24) is 0 Å². The second-order valence-electron chi connectivity index (χ2n) is 6.14. The predicted octanol–water partition coefficient (Wildman–Crippen LogP) is 2.42. The summed E-state index contributed by atoms with van der Waals surface area (Å²) in [6.07, 6.45) is -0.404. The highest BCUT2D eigenvalue weighted by atomic mass is 19.3. The number of hydrogen-bond donors (Lipinski definition) is 0. The SMILES string of the molecule is CCCCOC(=O)C1CN(c2ccc3c(c2)C(F)(F)C(=O)N3C)C(=O)O1. The monoisotopic (exact) mass is 368 g/mol. The molecule has 0 bridgehead atoms. The molecule has 0 spiro atoms. The van der Waals surface area contributed by atoms with Crippen molar-refractivity contribution < 1.29 is 32.6 Å². The highest BCUT2D eigenvalue weighted by molar-refractivity contribution is 6.06. The van der Waals surface area contributed by atoms with E-state index < -0.39 is 35.6 Å². The van der Waals surface area contributed by atoms with Crippen LogP contribution in [0.2, 0.25) is 0 Å². The molecule has 0 aromatic heterocycles. The van der Waals surface area contributed by atoms with Crippen molar-refractivity contribution in [3.05, 3.63) is 23.8 Å². The Morgan fingerprint density at radius 2 is 2.12 bits per heavy atom. The van der Waals surface area contributed by atoms with Crippen LogP contribution in [0.3, 0.4) is 0 Å². The van der Waals surface area contributed by atoms with Gasteiger partial charge in [-0.15, -0.1) is 0 Å². The van der Waals surface area contributed by atoms with Gasteiger partial charge in [0.2, 0.25) is 6.10 Å². The minimum Gasteiger partial charge on any atom is -0.463 e. The van der Waals surface area contributed by atoms with Gasteiger partial charge >= 0.3 is 23.9 Å². The first kappa shape index (κ1) is 18.1. The number of carbonyl (C=O) groups excluding carboxylic acids is 3. The highest BCUT2D eigenvalue weighted by Gasteiger charge is 2.52. The highest BCUT2D eigenvalue weighted by Crippen LogP contribution is 2.45. The van der Waals surface area contributed by atoms with Gasteiger partial charge in [0.15, 0.2) is 0 Å². The van der Waals surface area contributed by atoms with Crippen LogP contribution >= 0.6 is 0 Å². The van der Waals surface area contributed by atoms with E-state index in [1.165, 1.54) is 19.2 Å². The van der Waals surface area contributed by atoms with Crippen LogP contribution < -0.4 is 9.80 Å². The lowest BCUT2D eigenvalue weighted by Crippen LogP contribution is -2.31. The molecular weight excluding hydrogens is 350 g/mol. The number of fused-ring (bicyclic) bond motifs is 1. The van der Waals surface area contributed by atoms with Crippen LogP contribution in [0.25, 0.3) is 0 Å². The number of cyclic esters (lactones) is 1. The van der Waals surface area contributed by atoms with Gasteiger partial charge in [-0.25, -0.2) is 9.59 Å². The molecule has 0 N–H and O–H groups in total. The molecule has 1 unspecified atom stereocenters. The average molecular weight is 368 g/mol. The Balaban J connectivity index is 1.79. The standard InChI is InChI=1S/C17H18F2N2O5/c1-3-4-7-25-14(22)13-9-21(16(24)26-13)10-5-6-12-11(8-10)17(18,19)15(23)20(12)2/h5-6,8,13H,3-4,7,9H2,1-2H3. The topological polar surface area (TPSA) is 76.2 Å². The van der Waals surface area contributed by atoms with E-state index in [-0.39, 0.29) is 24.5 Å². The first-order chi connectivity index (χ1) is 12.3. The molecule has 0 saturated carbocycles. The van der Waals surface area contributed by atoms with Gasteiger partial charge in [-0.3, -0.25) is 9.69 Å². The number of carbonyl (C=O) groups is 3. The third-order valence-electron chi connectivity index (χ3n) is 4.38. The van der Waals surface area contributed by atoms with E-state index in [2.05, 4.69) is 0 Å². The normalized spacial score (nSPS) is 21.0. The third kappa shape index (κ3) is 2.87. The Hall–Kier alpha value is -2.71. The number of amides is 2. The summed E-state index contributed by atoms with van der Waals surface area (Å²) < 4.78 is 38.2. The molecule has 3 rings (SSSR count). The quantitative estimate of drug-likeness (QED) is 0.589. The third-order valence-corrected chi connectivity index (χ3v) is 4.38. The summed E-state index contributed by atoms with van der Waals surface area (Å²) in [6.45, 7) is 2.03. The summed E-state index contributed by atoms with van der Waals surface area (Å²) >= 11 is 0. The van der Waals surface area contributed by atoms with Gasteiger partial charge in [0.05, 0.1) is 24.4 Å². The predicted molar refractivity (Wildman–Crippen MR) is 87.2 cm³/mol. The van der Waals surface area contributed by atoms with Crippen molar-refractivity contribution in [2.24, 2.45) is 0 Å². The van der Waals surface area contributed by atoms with Crippen molar-refractivity contribution in [1.29, 1.82) is 0 Å². The van der Waals surface area contributed by atoms with E-state index in [1.807, 2.05) is 6.92 Å². The summed E-state index contributed by atoms with van der Waals surface area (Å²) in [5.74, 6) is -5.66.